The third-order valence-corrected chi connectivity index (χ3v) is 6.40. The maximum absolute atomic E-state index is 13.4. The number of aromatic nitrogens is 1. The molecular formula is C29H38BN3O7. The van der Waals surface area contributed by atoms with Crippen LogP contribution in [0.4, 0.5) is 0 Å². The Labute approximate surface area is 235 Å². The summed E-state index contributed by atoms with van der Waals surface area (Å²) in [4.78, 5) is 55.5. The van der Waals surface area contributed by atoms with E-state index in [0.717, 1.165) is 5.56 Å². The predicted molar refractivity (Wildman–Crippen MR) is 150 cm³/mol. The summed E-state index contributed by atoms with van der Waals surface area (Å²) in [6.45, 7) is 8.96. The molecule has 10 nitrogen and oxygen atoms in total. The summed E-state index contributed by atoms with van der Waals surface area (Å²) in [7, 11) is -1.02. The molecule has 1 fully saturated rings. The zero-order valence-corrected chi connectivity index (χ0v) is 23.6. The number of amides is 2. The molecule has 1 saturated heterocycles. The van der Waals surface area contributed by atoms with E-state index < -0.39 is 48.8 Å². The van der Waals surface area contributed by atoms with Crippen LogP contribution in [-0.4, -0.2) is 65.1 Å². The number of nitrogens with one attached hydrogen (secondary N) is 2. The molecule has 0 radical (unpaired) electrons. The molecule has 3 rings (SSSR count). The molecule has 2 amide bonds. The van der Waals surface area contributed by atoms with Crippen LogP contribution in [0.3, 0.4) is 0 Å². The van der Waals surface area contributed by atoms with Gasteiger partial charge in [-0.15, -0.1) is 0 Å². The van der Waals surface area contributed by atoms with Crippen molar-refractivity contribution in [1.82, 2.24) is 15.6 Å². The molecule has 11 heteroatoms. The van der Waals surface area contributed by atoms with E-state index >= 15 is 0 Å². The largest absolute Gasteiger partial charge is 0.531 e. The van der Waals surface area contributed by atoms with Gasteiger partial charge in [-0.3, -0.25) is 19.2 Å². The lowest BCUT2D eigenvalue weighted by Gasteiger charge is -2.24. The number of hydrogen-bond acceptors (Lipinski definition) is 8. The third-order valence-electron chi connectivity index (χ3n) is 6.40. The van der Waals surface area contributed by atoms with Crippen molar-refractivity contribution in [2.45, 2.75) is 84.0 Å². The van der Waals surface area contributed by atoms with Gasteiger partial charge in [0.25, 0.3) is 5.91 Å². The first-order valence-electron chi connectivity index (χ1n) is 13.6. The van der Waals surface area contributed by atoms with E-state index in [1.54, 1.807) is 12.1 Å². The van der Waals surface area contributed by atoms with Crippen LogP contribution in [0, 0.1) is 5.92 Å². The normalized spacial score (nSPS) is 17.4. The molecule has 214 valence electrons. The summed E-state index contributed by atoms with van der Waals surface area (Å²) in [5, 5.41) is 15.7. The van der Waals surface area contributed by atoms with Crippen molar-refractivity contribution in [2.24, 2.45) is 5.92 Å². The van der Waals surface area contributed by atoms with Crippen LogP contribution in [-0.2, 0) is 23.7 Å². The number of hydrogen-bond donors (Lipinski definition) is 3. The second-order valence-corrected chi connectivity index (χ2v) is 10.9. The van der Waals surface area contributed by atoms with Gasteiger partial charge in [0.05, 0.1) is 18.2 Å². The number of nitrogens with zero attached hydrogens (tertiary/aromatic N) is 1. The van der Waals surface area contributed by atoms with Crippen LogP contribution >= 0.6 is 0 Å². The molecule has 0 bridgehead atoms. The Morgan fingerprint density at radius 3 is 2.33 bits per heavy atom. The molecule has 0 saturated carbocycles. The average molecular weight is 551 g/mol. The van der Waals surface area contributed by atoms with Crippen molar-refractivity contribution in [1.29, 1.82) is 0 Å². The van der Waals surface area contributed by atoms with Crippen LogP contribution in [0.2, 0.25) is 5.82 Å². The lowest BCUT2D eigenvalue weighted by molar-refractivity contribution is -0.139. The summed E-state index contributed by atoms with van der Waals surface area (Å²) in [5.74, 6) is -2.43. The number of pyridine rings is 1. The monoisotopic (exact) mass is 551 g/mol. The van der Waals surface area contributed by atoms with Crippen LogP contribution < -0.4 is 10.6 Å². The molecule has 0 unspecified atom stereocenters. The summed E-state index contributed by atoms with van der Waals surface area (Å²) in [6, 6.07) is 13.1. The maximum Gasteiger partial charge on any atom is 0.531 e. The zero-order chi connectivity index (χ0) is 29.4. The van der Waals surface area contributed by atoms with E-state index in [4.69, 9.17) is 9.31 Å². The fraction of sp³-hybridized carbons (Fsp3) is 0.483. The smallest absolute Gasteiger partial charge is 0.507 e. The quantitative estimate of drug-likeness (QED) is 0.323. The number of Topliss-reactive ketones (excluding diaryl/α,β-unsaturated/α-hetero) is 1. The summed E-state index contributed by atoms with van der Waals surface area (Å²) in [5.41, 5.74) is 1.54. The van der Waals surface area contributed by atoms with Gasteiger partial charge in [-0.25, -0.2) is 4.98 Å². The summed E-state index contributed by atoms with van der Waals surface area (Å²) in [6.07, 6.45) is -2.07. The molecule has 4 atom stereocenters. The molecule has 1 aliphatic rings. The number of benzene rings is 1. The van der Waals surface area contributed by atoms with Gasteiger partial charge in [0.1, 0.15) is 17.8 Å². The first-order chi connectivity index (χ1) is 18.9. The van der Waals surface area contributed by atoms with Gasteiger partial charge in [-0.1, -0.05) is 50.2 Å². The van der Waals surface area contributed by atoms with Gasteiger partial charge in [-0.05, 0) is 45.2 Å². The van der Waals surface area contributed by atoms with Gasteiger partial charge in [0.15, 0.2) is 5.78 Å². The second-order valence-electron chi connectivity index (χ2n) is 10.9. The molecule has 1 aromatic carbocycles. The van der Waals surface area contributed by atoms with Crippen molar-refractivity contribution in [2.75, 3.05) is 0 Å². The predicted octanol–water partition coefficient (Wildman–Crippen LogP) is 2.95. The van der Waals surface area contributed by atoms with Crippen LogP contribution in [0.1, 0.15) is 64.4 Å². The number of carbonyl (C=O) groups is 4. The Hall–Kier alpha value is -3.57. The third kappa shape index (κ3) is 8.72. The number of carbonyl (C=O) groups excluding carboxylic acids is 4. The minimum Gasteiger partial charge on any atom is -0.507 e. The van der Waals surface area contributed by atoms with E-state index in [-0.39, 0.29) is 36.4 Å². The van der Waals surface area contributed by atoms with Gasteiger partial charge < -0.3 is 25.0 Å². The van der Waals surface area contributed by atoms with Crippen LogP contribution in [0.5, 0.6) is 0 Å². The molecule has 40 heavy (non-hydrogen) atoms. The molecule has 3 N–H and O–H groups in total. The fourth-order valence-corrected chi connectivity index (χ4v) is 4.62. The highest BCUT2D eigenvalue weighted by Crippen LogP contribution is 2.32. The lowest BCUT2D eigenvalue weighted by atomic mass is 9.65. The Morgan fingerprint density at radius 1 is 1.00 bits per heavy atom. The molecule has 0 spiro atoms. The summed E-state index contributed by atoms with van der Waals surface area (Å²) >= 11 is 0. The first kappa shape index (κ1) is 31.0. The lowest BCUT2D eigenvalue weighted by Crippen LogP contribution is -2.48. The zero-order valence-electron chi connectivity index (χ0n) is 23.6. The van der Waals surface area contributed by atoms with Crippen LogP contribution in [0.25, 0.3) is 11.3 Å². The van der Waals surface area contributed by atoms with E-state index in [0.29, 0.717) is 12.1 Å². The molecule has 2 heterocycles. The maximum atomic E-state index is 13.4. The Morgan fingerprint density at radius 2 is 1.70 bits per heavy atom. The van der Waals surface area contributed by atoms with Crippen molar-refractivity contribution < 1.29 is 33.6 Å². The minimum absolute atomic E-state index is 0.0874. The highest BCUT2D eigenvalue weighted by Gasteiger charge is 2.47. The van der Waals surface area contributed by atoms with Gasteiger partial charge >= 0.3 is 13.1 Å². The van der Waals surface area contributed by atoms with Crippen molar-refractivity contribution in [3.05, 3.63) is 54.2 Å². The Bertz CT molecular complexity index is 1190. The van der Waals surface area contributed by atoms with E-state index in [9.17, 15) is 24.3 Å². The number of aliphatic hydroxyl groups excluding tert-OH is 1. The molecule has 1 aromatic heterocycles. The van der Waals surface area contributed by atoms with Crippen molar-refractivity contribution in [3.63, 3.8) is 0 Å². The van der Waals surface area contributed by atoms with E-state index in [1.807, 2.05) is 58.0 Å². The van der Waals surface area contributed by atoms with Crippen LogP contribution in [0.15, 0.2) is 48.5 Å². The van der Waals surface area contributed by atoms with Gasteiger partial charge in [0, 0.05) is 23.8 Å². The Kier molecular flexibility index (Phi) is 11.0. The van der Waals surface area contributed by atoms with Gasteiger partial charge in [0.2, 0.25) is 5.91 Å². The SMILES string of the molecule is CC(C)C[C@H](CC(=O)[C@@H](NC(=O)c1cccc(-c2ccccc2)n1)[C@@H](C)O)B1OC(=O)[C@@H](CC(=O)NC(C)C)O1. The van der Waals surface area contributed by atoms with Gasteiger partial charge in [-0.2, -0.15) is 0 Å². The molecule has 2 aromatic rings. The van der Waals surface area contributed by atoms with Crippen molar-refractivity contribution >= 4 is 30.7 Å². The number of rotatable bonds is 13. The standard InChI is InChI=1S/C29H38BN3O7/c1-17(2)14-21(30-39-25(29(38)40-30)16-26(36)31-18(3)4)15-24(35)27(19(5)34)33-28(37)23-13-9-12-22(32-23)20-10-7-6-8-11-20/h6-13,17-19,21,25,27,34H,14-16H2,1-5H3,(H,31,36)(H,33,37)/t19-,21-,25-,27+/m1/s1. The highest BCUT2D eigenvalue weighted by molar-refractivity contribution is 6.51. The average Bonchev–Trinajstić information content (AvgIpc) is 3.26. The topological polar surface area (TPSA) is 144 Å². The Balaban J connectivity index is 1.70. The molecule has 0 aliphatic carbocycles. The van der Waals surface area contributed by atoms with Crippen molar-refractivity contribution in [3.8, 4) is 11.3 Å². The summed E-state index contributed by atoms with van der Waals surface area (Å²) < 4.78 is 11.2. The van der Waals surface area contributed by atoms with E-state index in [2.05, 4.69) is 15.6 Å². The molecule has 1 aliphatic heterocycles. The number of ketones is 1. The highest BCUT2D eigenvalue weighted by atomic mass is 16.7. The fourth-order valence-electron chi connectivity index (χ4n) is 4.62. The number of aliphatic hydroxyl groups is 1. The second kappa shape index (κ2) is 14.2. The first-order valence-corrected chi connectivity index (χ1v) is 13.6. The molecular weight excluding hydrogens is 513 g/mol. The minimum atomic E-state index is -1.21. The van der Waals surface area contributed by atoms with E-state index in [1.165, 1.54) is 13.0 Å².